The highest BCUT2D eigenvalue weighted by molar-refractivity contribution is 6.02. The molecule has 1 fully saturated rings. The average Bonchev–Trinajstić information content (AvgIpc) is 3.11. The van der Waals surface area contributed by atoms with Crippen molar-refractivity contribution in [3.8, 4) is 5.75 Å². The number of likely N-dealkylation sites (tertiary alicyclic amines) is 1. The minimum atomic E-state index is -3.04. The van der Waals surface area contributed by atoms with E-state index in [0.29, 0.717) is 25.2 Å². The number of alkyl halides is 2. The summed E-state index contributed by atoms with van der Waals surface area (Å²) < 4.78 is 29.6. The van der Waals surface area contributed by atoms with Crippen molar-refractivity contribution in [2.45, 2.75) is 32.4 Å². The van der Waals surface area contributed by atoms with Gasteiger partial charge in [0.25, 0.3) is 5.91 Å². The molecule has 1 aromatic heterocycles. The quantitative estimate of drug-likeness (QED) is 0.871. The number of nitrogens with zero attached hydrogens (tertiary/aromatic N) is 2. The average molecular weight is 375 g/mol. The minimum Gasteiger partial charge on any atom is -0.434 e. The van der Waals surface area contributed by atoms with Gasteiger partial charge in [0.2, 0.25) is 5.91 Å². The van der Waals surface area contributed by atoms with Crippen LogP contribution in [0.25, 0.3) is 0 Å². The van der Waals surface area contributed by atoms with E-state index < -0.39 is 18.6 Å². The van der Waals surface area contributed by atoms with Gasteiger partial charge < -0.3 is 15.0 Å². The summed E-state index contributed by atoms with van der Waals surface area (Å²) in [5.41, 5.74) is 0.948. The molecule has 0 aliphatic carbocycles. The minimum absolute atomic E-state index is 0.00572. The van der Waals surface area contributed by atoms with E-state index in [1.165, 1.54) is 23.1 Å². The number of carbonyl (C=O) groups is 2. The lowest BCUT2D eigenvalue weighted by molar-refractivity contribution is -0.119. The van der Waals surface area contributed by atoms with E-state index in [-0.39, 0.29) is 17.2 Å². The summed E-state index contributed by atoms with van der Waals surface area (Å²) in [6.07, 6.45) is 2.71. The SMILES string of the molecule is Cc1ccnc(NC(=O)[C@H]2CCCN2C(=O)c2ccccc2OC(F)F)c1. The second-order valence-corrected chi connectivity index (χ2v) is 6.24. The number of benzene rings is 1. The molecule has 1 atom stereocenters. The smallest absolute Gasteiger partial charge is 0.387 e. The second kappa shape index (κ2) is 8.11. The number of amides is 2. The van der Waals surface area contributed by atoms with Crippen LogP contribution in [0.5, 0.6) is 5.75 Å². The van der Waals surface area contributed by atoms with E-state index >= 15 is 0 Å². The zero-order valence-corrected chi connectivity index (χ0v) is 14.7. The molecule has 0 radical (unpaired) electrons. The molecule has 0 unspecified atom stereocenters. The highest BCUT2D eigenvalue weighted by Crippen LogP contribution is 2.27. The van der Waals surface area contributed by atoms with E-state index in [9.17, 15) is 18.4 Å². The lowest BCUT2D eigenvalue weighted by Gasteiger charge is -2.24. The van der Waals surface area contributed by atoms with Crippen molar-refractivity contribution >= 4 is 17.6 Å². The number of rotatable bonds is 5. The molecular formula is C19H19F2N3O3. The Hall–Kier alpha value is -3.03. The van der Waals surface area contributed by atoms with Crippen LogP contribution >= 0.6 is 0 Å². The number of para-hydroxylation sites is 1. The number of hydrogen-bond acceptors (Lipinski definition) is 4. The first-order valence-electron chi connectivity index (χ1n) is 8.54. The van der Waals surface area contributed by atoms with Gasteiger partial charge in [0.05, 0.1) is 5.56 Å². The molecule has 2 heterocycles. The van der Waals surface area contributed by atoms with Crippen molar-refractivity contribution in [2.75, 3.05) is 11.9 Å². The number of halogens is 2. The number of aryl methyl sites for hydroxylation is 1. The van der Waals surface area contributed by atoms with Crippen LogP contribution in [0.4, 0.5) is 14.6 Å². The lowest BCUT2D eigenvalue weighted by atomic mass is 10.1. The summed E-state index contributed by atoms with van der Waals surface area (Å²) >= 11 is 0. The van der Waals surface area contributed by atoms with Gasteiger partial charge in [-0.3, -0.25) is 9.59 Å². The molecule has 1 aromatic carbocycles. The third-order valence-electron chi connectivity index (χ3n) is 4.32. The predicted octanol–water partition coefficient (Wildman–Crippen LogP) is 3.23. The topological polar surface area (TPSA) is 71.5 Å². The molecule has 8 heteroatoms. The fourth-order valence-electron chi connectivity index (χ4n) is 3.09. The molecule has 27 heavy (non-hydrogen) atoms. The number of hydrogen-bond donors (Lipinski definition) is 1. The van der Waals surface area contributed by atoms with E-state index in [0.717, 1.165) is 5.56 Å². The molecule has 2 aromatic rings. The monoisotopic (exact) mass is 375 g/mol. The fraction of sp³-hybridized carbons (Fsp3) is 0.316. The lowest BCUT2D eigenvalue weighted by Crippen LogP contribution is -2.43. The van der Waals surface area contributed by atoms with Crippen LogP contribution in [0.3, 0.4) is 0 Å². The maximum Gasteiger partial charge on any atom is 0.387 e. The third-order valence-corrected chi connectivity index (χ3v) is 4.32. The Labute approximate surface area is 155 Å². The van der Waals surface area contributed by atoms with Gasteiger partial charge in [-0.05, 0) is 49.6 Å². The van der Waals surface area contributed by atoms with Gasteiger partial charge in [-0.25, -0.2) is 4.98 Å². The molecule has 6 nitrogen and oxygen atoms in total. The van der Waals surface area contributed by atoms with E-state index in [2.05, 4.69) is 15.0 Å². The highest BCUT2D eigenvalue weighted by Gasteiger charge is 2.35. The molecule has 0 bridgehead atoms. The van der Waals surface area contributed by atoms with Crippen LogP contribution in [0.2, 0.25) is 0 Å². The van der Waals surface area contributed by atoms with E-state index in [4.69, 9.17) is 0 Å². The maximum atomic E-state index is 12.9. The molecule has 2 amide bonds. The zero-order valence-electron chi connectivity index (χ0n) is 14.7. The van der Waals surface area contributed by atoms with Gasteiger partial charge in [0.15, 0.2) is 0 Å². The number of ether oxygens (including phenoxy) is 1. The first-order chi connectivity index (χ1) is 13.0. The zero-order chi connectivity index (χ0) is 19.4. The van der Waals surface area contributed by atoms with Crippen LogP contribution < -0.4 is 10.1 Å². The number of carbonyl (C=O) groups excluding carboxylic acids is 2. The van der Waals surface area contributed by atoms with Gasteiger partial charge in [-0.2, -0.15) is 8.78 Å². The maximum absolute atomic E-state index is 12.9. The molecule has 1 saturated heterocycles. The highest BCUT2D eigenvalue weighted by atomic mass is 19.3. The summed E-state index contributed by atoms with van der Waals surface area (Å²) in [7, 11) is 0. The molecule has 0 saturated carbocycles. The van der Waals surface area contributed by atoms with E-state index in [1.54, 1.807) is 24.4 Å². The summed E-state index contributed by atoms with van der Waals surface area (Å²) in [4.78, 5) is 31.0. The number of aromatic nitrogens is 1. The summed E-state index contributed by atoms with van der Waals surface area (Å²) in [6, 6.07) is 8.63. The first kappa shape index (κ1) is 18.8. The van der Waals surface area contributed by atoms with Gasteiger partial charge in [0, 0.05) is 12.7 Å². The molecule has 1 aliphatic heterocycles. The van der Waals surface area contributed by atoms with Crippen molar-refractivity contribution in [1.29, 1.82) is 0 Å². The van der Waals surface area contributed by atoms with Gasteiger partial charge >= 0.3 is 6.61 Å². The third kappa shape index (κ3) is 4.39. The normalized spacial score (nSPS) is 16.4. The number of anilines is 1. The predicted molar refractivity (Wildman–Crippen MR) is 94.7 cm³/mol. The molecular weight excluding hydrogens is 356 g/mol. The Kier molecular flexibility index (Phi) is 5.63. The Morgan fingerprint density at radius 2 is 2.07 bits per heavy atom. The Morgan fingerprint density at radius 3 is 2.81 bits per heavy atom. The number of pyridine rings is 1. The summed E-state index contributed by atoms with van der Waals surface area (Å²) in [5, 5.41) is 2.71. The van der Waals surface area contributed by atoms with Crippen molar-refractivity contribution < 1.29 is 23.1 Å². The van der Waals surface area contributed by atoms with Crippen molar-refractivity contribution in [1.82, 2.24) is 9.88 Å². The Balaban J connectivity index is 1.78. The van der Waals surface area contributed by atoms with Crippen LogP contribution in [-0.2, 0) is 4.79 Å². The van der Waals surface area contributed by atoms with Crippen molar-refractivity contribution in [3.63, 3.8) is 0 Å². The largest absolute Gasteiger partial charge is 0.434 e. The number of nitrogens with one attached hydrogen (secondary N) is 1. The van der Waals surface area contributed by atoms with Crippen LogP contribution in [0, 0.1) is 6.92 Å². The standard InChI is InChI=1S/C19H19F2N3O3/c1-12-8-9-22-16(11-12)23-17(25)14-6-4-10-24(14)18(26)13-5-2-3-7-15(13)27-19(20)21/h2-3,5,7-9,11,14,19H,4,6,10H2,1H3,(H,22,23,25)/t14-/m1/s1. The molecule has 1 N–H and O–H groups in total. The molecule has 142 valence electrons. The van der Waals surface area contributed by atoms with Gasteiger partial charge in [0.1, 0.15) is 17.6 Å². The van der Waals surface area contributed by atoms with Gasteiger partial charge in [-0.15, -0.1) is 0 Å². The summed E-state index contributed by atoms with van der Waals surface area (Å²) in [6.45, 7) is -0.798. The van der Waals surface area contributed by atoms with E-state index in [1.807, 2.05) is 6.92 Å². The Bertz CT molecular complexity index is 844. The van der Waals surface area contributed by atoms with Crippen molar-refractivity contribution in [3.05, 3.63) is 53.7 Å². The van der Waals surface area contributed by atoms with Crippen LogP contribution in [0.1, 0.15) is 28.8 Å². The summed E-state index contributed by atoms with van der Waals surface area (Å²) in [5.74, 6) is -0.669. The van der Waals surface area contributed by atoms with Crippen molar-refractivity contribution in [2.24, 2.45) is 0 Å². The molecule has 3 rings (SSSR count). The van der Waals surface area contributed by atoms with Crippen LogP contribution in [0.15, 0.2) is 42.6 Å². The first-order valence-corrected chi connectivity index (χ1v) is 8.54. The van der Waals surface area contributed by atoms with Crippen LogP contribution in [-0.4, -0.2) is 40.9 Å². The van der Waals surface area contributed by atoms with Gasteiger partial charge in [-0.1, -0.05) is 12.1 Å². The fourth-order valence-corrected chi connectivity index (χ4v) is 3.09. The molecule has 0 spiro atoms. The Morgan fingerprint density at radius 1 is 1.30 bits per heavy atom. The molecule has 1 aliphatic rings. The second-order valence-electron chi connectivity index (χ2n) is 6.24.